The summed E-state index contributed by atoms with van der Waals surface area (Å²) in [6, 6.07) is 21.0. The van der Waals surface area contributed by atoms with Gasteiger partial charge in [-0.2, -0.15) is 5.10 Å². The molecular formula is C25H21FN4O4. The van der Waals surface area contributed by atoms with Crippen LogP contribution in [-0.4, -0.2) is 33.3 Å². The molecule has 0 aliphatic carbocycles. The molecule has 2 aromatic carbocycles. The third-order valence-corrected chi connectivity index (χ3v) is 5.10. The molecule has 172 valence electrons. The molecule has 0 atom stereocenters. The van der Waals surface area contributed by atoms with Crippen LogP contribution in [0.3, 0.4) is 0 Å². The Balaban J connectivity index is 1.70. The highest BCUT2D eigenvalue weighted by atomic mass is 19.1. The molecule has 1 N–H and O–H groups in total. The Bertz CT molecular complexity index is 1380. The number of amides is 1. The lowest BCUT2D eigenvalue weighted by atomic mass is 10.1. The number of carbonyl (C=O) groups is 2. The van der Waals surface area contributed by atoms with Crippen molar-refractivity contribution in [3.05, 3.63) is 95.0 Å². The van der Waals surface area contributed by atoms with Gasteiger partial charge in [-0.25, -0.2) is 4.39 Å². The van der Waals surface area contributed by atoms with Crippen LogP contribution in [0, 0.1) is 5.82 Å². The number of esters is 1. The van der Waals surface area contributed by atoms with E-state index in [4.69, 9.17) is 4.74 Å². The van der Waals surface area contributed by atoms with Gasteiger partial charge in [0.25, 0.3) is 5.56 Å². The molecule has 0 unspecified atom stereocenters. The SMILES string of the molecule is COC(=O)Cn1nc(-c2cccc(=O)n2CC(=O)Nc2ccc(F)cc2)cc1-c1ccccc1. The number of methoxy groups -OCH3 is 1. The molecule has 0 fully saturated rings. The first-order valence-electron chi connectivity index (χ1n) is 10.4. The van der Waals surface area contributed by atoms with Crippen molar-refractivity contribution < 1.29 is 18.7 Å². The molecule has 0 aliphatic rings. The monoisotopic (exact) mass is 460 g/mol. The van der Waals surface area contributed by atoms with Gasteiger partial charge in [-0.05, 0) is 42.0 Å². The Morgan fingerprint density at radius 3 is 2.38 bits per heavy atom. The number of anilines is 1. The zero-order chi connectivity index (χ0) is 24.1. The van der Waals surface area contributed by atoms with E-state index >= 15 is 0 Å². The average molecular weight is 460 g/mol. The summed E-state index contributed by atoms with van der Waals surface area (Å²) in [6.07, 6.45) is 0. The third-order valence-electron chi connectivity index (χ3n) is 5.10. The van der Waals surface area contributed by atoms with Crippen LogP contribution in [-0.2, 0) is 27.4 Å². The Labute approximate surface area is 194 Å². The predicted octanol–water partition coefficient (Wildman–Crippen LogP) is 3.33. The lowest BCUT2D eigenvalue weighted by Gasteiger charge is -2.11. The van der Waals surface area contributed by atoms with Gasteiger partial charge in [0.05, 0.1) is 18.5 Å². The minimum Gasteiger partial charge on any atom is -0.468 e. The average Bonchev–Trinajstić information content (AvgIpc) is 3.25. The highest BCUT2D eigenvalue weighted by Crippen LogP contribution is 2.26. The van der Waals surface area contributed by atoms with E-state index in [0.717, 1.165) is 5.56 Å². The first-order chi connectivity index (χ1) is 16.4. The van der Waals surface area contributed by atoms with Crippen LogP contribution in [0.4, 0.5) is 10.1 Å². The van der Waals surface area contributed by atoms with Crippen molar-refractivity contribution >= 4 is 17.6 Å². The molecule has 1 amide bonds. The van der Waals surface area contributed by atoms with E-state index in [-0.39, 0.29) is 13.1 Å². The largest absolute Gasteiger partial charge is 0.468 e. The number of hydrogen-bond acceptors (Lipinski definition) is 5. The summed E-state index contributed by atoms with van der Waals surface area (Å²) in [5, 5.41) is 7.18. The van der Waals surface area contributed by atoms with Gasteiger partial charge >= 0.3 is 5.97 Å². The molecule has 0 bridgehead atoms. The second-order valence-corrected chi connectivity index (χ2v) is 7.41. The van der Waals surface area contributed by atoms with E-state index in [2.05, 4.69) is 10.4 Å². The van der Waals surface area contributed by atoms with Gasteiger partial charge in [0, 0.05) is 11.8 Å². The van der Waals surface area contributed by atoms with Crippen molar-refractivity contribution in [2.45, 2.75) is 13.1 Å². The smallest absolute Gasteiger partial charge is 0.327 e. The number of carbonyl (C=O) groups excluding carboxylic acids is 2. The molecule has 0 radical (unpaired) electrons. The molecule has 8 nitrogen and oxygen atoms in total. The number of nitrogens with one attached hydrogen (secondary N) is 1. The van der Waals surface area contributed by atoms with Gasteiger partial charge in [0.15, 0.2) is 0 Å². The number of rotatable bonds is 7. The van der Waals surface area contributed by atoms with Crippen LogP contribution < -0.4 is 10.9 Å². The molecule has 2 aromatic heterocycles. The highest BCUT2D eigenvalue weighted by Gasteiger charge is 2.18. The van der Waals surface area contributed by atoms with Gasteiger partial charge in [0.1, 0.15) is 24.6 Å². The maximum atomic E-state index is 13.1. The van der Waals surface area contributed by atoms with Crippen molar-refractivity contribution in [1.82, 2.24) is 14.3 Å². The number of aromatic nitrogens is 3. The fraction of sp³-hybridized carbons (Fsp3) is 0.120. The Hall–Kier alpha value is -4.53. The zero-order valence-electron chi connectivity index (χ0n) is 18.3. The summed E-state index contributed by atoms with van der Waals surface area (Å²) in [7, 11) is 1.30. The van der Waals surface area contributed by atoms with Crippen molar-refractivity contribution in [2.75, 3.05) is 12.4 Å². The Morgan fingerprint density at radius 2 is 1.68 bits per heavy atom. The summed E-state index contributed by atoms with van der Waals surface area (Å²) >= 11 is 0. The fourth-order valence-corrected chi connectivity index (χ4v) is 3.47. The van der Waals surface area contributed by atoms with Gasteiger partial charge < -0.3 is 10.1 Å². The van der Waals surface area contributed by atoms with Gasteiger partial charge in [0.2, 0.25) is 5.91 Å². The highest BCUT2D eigenvalue weighted by molar-refractivity contribution is 5.90. The van der Waals surface area contributed by atoms with Crippen LogP contribution in [0.25, 0.3) is 22.6 Å². The molecular weight excluding hydrogens is 439 g/mol. The van der Waals surface area contributed by atoms with E-state index in [0.29, 0.717) is 22.8 Å². The van der Waals surface area contributed by atoms with E-state index < -0.39 is 23.3 Å². The predicted molar refractivity (Wildman–Crippen MR) is 124 cm³/mol. The molecule has 0 aliphatic heterocycles. The van der Waals surface area contributed by atoms with E-state index in [1.165, 1.54) is 46.7 Å². The van der Waals surface area contributed by atoms with Crippen LogP contribution in [0.2, 0.25) is 0 Å². The van der Waals surface area contributed by atoms with Crippen molar-refractivity contribution in [2.24, 2.45) is 0 Å². The van der Waals surface area contributed by atoms with Crippen LogP contribution in [0.1, 0.15) is 0 Å². The molecule has 9 heteroatoms. The fourth-order valence-electron chi connectivity index (χ4n) is 3.47. The van der Waals surface area contributed by atoms with E-state index in [1.54, 1.807) is 18.2 Å². The quantitative estimate of drug-likeness (QED) is 0.427. The summed E-state index contributed by atoms with van der Waals surface area (Å²) in [6.45, 7) is -0.403. The van der Waals surface area contributed by atoms with Crippen molar-refractivity contribution in [3.8, 4) is 22.6 Å². The van der Waals surface area contributed by atoms with E-state index in [9.17, 15) is 18.8 Å². The minimum absolute atomic E-state index is 0.122. The van der Waals surface area contributed by atoms with E-state index in [1.807, 2.05) is 30.3 Å². The Kier molecular flexibility index (Phi) is 6.63. The zero-order valence-corrected chi connectivity index (χ0v) is 18.3. The topological polar surface area (TPSA) is 95.2 Å². The summed E-state index contributed by atoms with van der Waals surface area (Å²) < 4.78 is 20.7. The van der Waals surface area contributed by atoms with Gasteiger partial charge in [-0.15, -0.1) is 0 Å². The maximum absolute atomic E-state index is 13.1. The summed E-state index contributed by atoms with van der Waals surface area (Å²) in [5.74, 6) is -1.36. The second kappa shape index (κ2) is 9.95. The van der Waals surface area contributed by atoms with Gasteiger partial charge in [-0.3, -0.25) is 23.6 Å². The number of hydrogen-bond donors (Lipinski definition) is 1. The number of pyridine rings is 1. The number of benzene rings is 2. The lowest BCUT2D eigenvalue weighted by Crippen LogP contribution is -2.28. The van der Waals surface area contributed by atoms with Crippen LogP contribution >= 0.6 is 0 Å². The molecule has 4 aromatic rings. The first kappa shape index (κ1) is 22.7. The number of ether oxygens (including phenoxy) is 1. The maximum Gasteiger partial charge on any atom is 0.327 e. The molecule has 0 saturated carbocycles. The minimum atomic E-state index is -0.476. The molecule has 0 spiro atoms. The van der Waals surface area contributed by atoms with Crippen molar-refractivity contribution in [1.29, 1.82) is 0 Å². The summed E-state index contributed by atoms with van der Waals surface area (Å²) in [5.41, 5.74) is 2.31. The van der Waals surface area contributed by atoms with Gasteiger partial charge in [-0.1, -0.05) is 36.4 Å². The lowest BCUT2D eigenvalue weighted by molar-refractivity contribution is -0.141. The number of halogens is 1. The van der Waals surface area contributed by atoms with Crippen molar-refractivity contribution in [3.63, 3.8) is 0 Å². The molecule has 2 heterocycles. The van der Waals surface area contributed by atoms with Crippen LogP contribution in [0.5, 0.6) is 0 Å². The summed E-state index contributed by atoms with van der Waals surface area (Å²) in [4.78, 5) is 37.2. The standard InChI is InChI=1S/C25H21FN4O4/c1-34-25(33)16-30-22(17-6-3-2-4-7-17)14-20(28-30)21-8-5-9-24(32)29(21)15-23(31)27-19-12-10-18(26)11-13-19/h2-14H,15-16H2,1H3,(H,27,31). The second-order valence-electron chi connectivity index (χ2n) is 7.41. The molecule has 34 heavy (non-hydrogen) atoms. The first-order valence-corrected chi connectivity index (χ1v) is 10.4. The third kappa shape index (κ3) is 5.09. The molecule has 4 rings (SSSR count). The normalized spacial score (nSPS) is 10.6. The number of nitrogens with zero attached hydrogens (tertiary/aromatic N) is 3. The Morgan fingerprint density at radius 1 is 0.941 bits per heavy atom. The molecule has 0 saturated heterocycles. The van der Waals surface area contributed by atoms with Crippen LogP contribution in [0.15, 0.2) is 83.7 Å².